The Morgan fingerprint density at radius 2 is 1.07 bits per heavy atom. The van der Waals surface area contributed by atoms with Crippen molar-refractivity contribution in [2.24, 2.45) is 0 Å². The molecule has 0 radical (unpaired) electrons. The van der Waals surface area contributed by atoms with Gasteiger partial charge in [0.05, 0.1) is 0 Å². The number of fused-ring (bicyclic) bond motifs is 3. The summed E-state index contributed by atoms with van der Waals surface area (Å²) in [6.07, 6.45) is 4.58. The van der Waals surface area contributed by atoms with Gasteiger partial charge in [-0.2, -0.15) is 0 Å². The number of benzene rings is 9. The second-order valence-electron chi connectivity index (χ2n) is 13.2. The van der Waals surface area contributed by atoms with E-state index in [2.05, 4.69) is 146 Å². The Balaban J connectivity index is 1.09. The molecule has 0 aliphatic heterocycles. The van der Waals surface area contributed by atoms with Crippen LogP contribution in [-0.4, -0.2) is 0 Å². The molecule has 0 amide bonds. The van der Waals surface area contributed by atoms with Gasteiger partial charge in [0.2, 0.25) is 0 Å². The van der Waals surface area contributed by atoms with E-state index in [1.54, 1.807) is 0 Å². The van der Waals surface area contributed by atoms with Crippen LogP contribution in [0.4, 0.5) is 0 Å². The Hall–Kier alpha value is -5.66. The number of rotatable bonds is 2. The van der Waals surface area contributed by atoms with Crippen molar-refractivity contribution in [3.8, 4) is 11.1 Å². The summed E-state index contributed by atoms with van der Waals surface area (Å²) < 4.78 is 6.51. The molecule has 1 heteroatoms. The monoisotopic (exact) mass is 584 g/mol. The summed E-state index contributed by atoms with van der Waals surface area (Å²) in [6, 6.07) is 47.6. The van der Waals surface area contributed by atoms with Crippen molar-refractivity contribution in [1.29, 1.82) is 0 Å². The van der Waals surface area contributed by atoms with Gasteiger partial charge in [-0.15, -0.1) is 0 Å². The van der Waals surface area contributed by atoms with Crippen molar-refractivity contribution >= 4 is 81.7 Å². The Morgan fingerprint density at radius 3 is 1.76 bits per heavy atom. The van der Waals surface area contributed by atoms with Crippen molar-refractivity contribution in [2.45, 2.75) is 18.8 Å². The minimum atomic E-state index is 0.246. The normalized spacial score (nSPS) is 16.7. The van der Waals surface area contributed by atoms with Gasteiger partial charge in [-0.3, -0.25) is 0 Å². The third kappa shape index (κ3) is 3.15. The van der Waals surface area contributed by atoms with E-state index in [9.17, 15) is 0 Å². The van der Waals surface area contributed by atoms with Gasteiger partial charge < -0.3 is 4.42 Å². The molecular formula is C45H28O. The first-order valence-electron chi connectivity index (χ1n) is 16.3. The van der Waals surface area contributed by atoms with Crippen LogP contribution in [0.1, 0.15) is 35.6 Å². The smallest absolute Gasteiger partial charge is 0.135 e. The molecule has 0 bridgehead atoms. The van der Waals surface area contributed by atoms with Gasteiger partial charge in [0, 0.05) is 16.9 Å². The zero-order valence-corrected chi connectivity index (χ0v) is 25.3. The first-order chi connectivity index (χ1) is 22.7. The first-order valence-corrected chi connectivity index (χ1v) is 16.3. The summed E-state index contributed by atoms with van der Waals surface area (Å²) in [5, 5.41) is 17.2. The number of furan rings is 1. The molecule has 1 nitrogen and oxygen atoms in total. The highest BCUT2D eigenvalue weighted by atomic mass is 16.3. The van der Waals surface area contributed by atoms with E-state index in [1.807, 2.05) is 0 Å². The Labute approximate surface area is 265 Å². The summed E-state index contributed by atoms with van der Waals surface area (Å²) in [4.78, 5) is 0. The fourth-order valence-electron chi connectivity index (χ4n) is 8.84. The summed E-state index contributed by atoms with van der Waals surface area (Å²) in [6.45, 7) is 2.38. The summed E-state index contributed by atoms with van der Waals surface area (Å²) in [7, 11) is 0. The molecule has 2 atom stereocenters. The second kappa shape index (κ2) is 8.74. The van der Waals surface area contributed by atoms with Gasteiger partial charge in [-0.1, -0.05) is 128 Å². The van der Waals surface area contributed by atoms with Crippen LogP contribution in [0.2, 0.25) is 0 Å². The average molecular weight is 585 g/mol. The van der Waals surface area contributed by atoms with E-state index in [-0.39, 0.29) is 11.8 Å². The van der Waals surface area contributed by atoms with E-state index in [0.29, 0.717) is 0 Å². The Bertz CT molecular complexity index is 2850. The summed E-state index contributed by atoms with van der Waals surface area (Å²) in [5.74, 6) is 1.50. The van der Waals surface area contributed by atoms with Crippen LogP contribution in [0.15, 0.2) is 138 Å². The summed E-state index contributed by atoms with van der Waals surface area (Å²) >= 11 is 0. The highest BCUT2D eigenvalue weighted by Crippen LogP contribution is 2.49. The molecule has 0 fully saturated rings. The van der Waals surface area contributed by atoms with Crippen LogP contribution < -0.4 is 0 Å². The lowest BCUT2D eigenvalue weighted by atomic mass is 9.76. The predicted octanol–water partition coefficient (Wildman–Crippen LogP) is 12.8. The molecule has 10 aromatic rings. The lowest BCUT2D eigenvalue weighted by molar-refractivity contribution is 0.574. The van der Waals surface area contributed by atoms with Crippen LogP contribution in [0.25, 0.3) is 92.8 Å². The van der Waals surface area contributed by atoms with E-state index in [1.165, 1.54) is 92.3 Å². The highest BCUT2D eigenvalue weighted by Gasteiger charge is 2.30. The van der Waals surface area contributed by atoms with Gasteiger partial charge in [-0.05, 0) is 105 Å². The molecule has 1 aliphatic rings. The molecule has 2 unspecified atom stereocenters. The quantitative estimate of drug-likeness (QED) is 0.184. The van der Waals surface area contributed by atoms with Gasteiger partial charge >= 0.3 is 0 Å². The highest BCUT2D eigenvalue weighted by molar-refractivity contribution is 6.26. The van der Waals surface area contributed by atoms with Crippen LogP contribution in [0.3, 0.4) is 0 Å². The molecule has 0 saturated heterocycles. The van der Waals surface area contributed by atoms with Crippen LogP contribution >= 0.6 is 0 Å². The largest absolute Gasteiger partial charge is 0.456 e. The molecule has 0 spiro atoms. The molecule has 1 aliphatic carbocycles. The number of hydrogen-bond donors (Lipinski definition) is 0. The van der Waals surface area contributed by atoms with E-state index in [4.69, 9.17) is 4.42 Å². The molecule has 0 N–H and O–H groups in total. The molecular weight excluding hydrogens is 556 g/mol. The third-order valence-corrected chi connectivity index (χ3v) is 11.0. The Kier molecular flexibility index (Phi) is 4.68. The van der Waals surface area contributed by atoms with Crippen molar-refractivity contribution in [2.75, 3.05) is 0 Å². The van der Waals surface area contributed by atoms with Gasteiger partial charge in [0.25, 0.3) is 0 Å². The zero-order valence-electron chi connectivity index (χ0n) is 25.3. The summed E-state index contributed by atoms with van der Waals surface area (Å²) in [5.41, 5.74) is 6.16. The molecule has 46 heavy (non-hydrogen) atoms. The maximum atomic E-state index is 6.51. The minimum Gasteiger partial charge on any atom is -0.456 e. The molecule has 1 heterocycles. The second-order valence-corrected chi connectivity index (χ2v) is 13.2. The van der Waals surface area contributed by atoms with Crippen LogP contribution in [0.5, 0.6) is 0 Å². The van der Waals surface area contributed by atoms with Crippen molar-refractivity contribution in [3.05, 3.63) is 150 Å². The SMILES string of the molecule is CC1c2c(oc3ccc(-c4ccc5ccc6cccc7ccc4c5c67)cc23)C=CC1c1ccc2ccc3cccc4ccc1c2c34. The standard InChI is InChI=1S/C45H28O/c1-25-33(35-18-13-31-11-9-27-5-3-7-29-15-20-37(35)45(31)43(27)29)21-23-40-41(25)38-24-32(16-22-39(38)46-40)34-17-12-30-10-8-26-4-2-6-28-14-19-36(34)44(30)42(26)28/h2-25,33H,1H3. The lowest BCUT2D eigenvalue weighted by Crippen LogP contribution is -2.10. The van der Waals surface area contributed by atoms with Crippen LogP contribution in [-0.2, 0) is 0 Å². The number of hydrogen-bond acceptors (Lipinski definition) is 1. The molecule has 0 saturated carbocycles. The van der Waals surface area contributed by atoms with Crippen molar-refractivity contribution < 1.29 is 4.42 Å². The first kappa shape index (κ1) is 24.6. The van der Waals surface area contributed by atoms with Crippen molar-refractivity contribution in [3.63, 3.8) is 0 Å². The average Bonchev–Trinajstić information content (AvgIpc) is 3.48. The maximum absolute atomic E-state index is 6.51. The lowest BCUT2D eigenvalue weighted by Gasteiger charge is -2.27. The molecule has 11 rings (SSSR count). The third-order valence-electron chi connectivity index (χ3n) is 11.0. The number of allylic oxidation sites excluding steroid dienone is 1. The predicted molar refractivity (Wildman–Crippen MR) is 196 cm³/mol. The Morgan fingerprint density at radius 1 is 0.500 bits per heavy atom. The van der Waals surface area contributed by atoms with Gasteiger partial charge in [0.1, 0.15) is 11.3 Å². The molecule has 9 aromatic carbocycles. The molecule has 214 valence electrons. The van der Waals surface area contributed by atoms with Crippen molar-refractivity contribution in [1.82, 2.24) is 0 Å². The minimum absolute atomic E-state index is 0.246. The zero-order chi connectivity index (χ0) is 30.1. The van der Waals surface area contributed by atoms with Crippen LogP contribution in [0, 0.1) is 0 Å². The van der Waals surface area contributed by atoms with E-state index in [0.717, 1.165) is 11.3 Å². The van der Waals surface area contributed by atoms with E-state index < -0.39 is 0 Å². The van der Waals surface area contributed by atoms with E-state index >= 15 is 0 Å². The molecule has 1 aromatic heterocycles. The fourth-order valence-corrected chi connectivity index (χ4v) is 8.84. The van der Waals surface area contributed by atoms with Gasteiger partial charge in [-0.25, -0.2) is 0 Å². The topological polar surface area (TPSA) is 13.1 Å². The fraction of sp³-hybridized carbons (Fsp3) is 0.0667. The van der Waals surface area contributed by atoms with Gasteiger partial charge in [0.15, 0.2) is 0 Å². The maximum Gasteiger partial charge on any atom is 0.135 e.